The molecule has 2 heteroatoms. The molecule has 0 unspecified atom stereocenters. The van der Waals surface area contributed by atoms with E-state index >= 15 is 0 Å². The molecule has 102 valence electrons. The number of benzene rings is 1. The molecule has 0 spiro atoms. The Morgan fingerprint density at radius 1 is 1.11 bits per heavy atom. The minimum atomic E-state index is 0.323. The van der Waals surface area contributed by atoms with Gasteiger partial charge in [-0.1, -0.05) is 18.9 Å². The highest BCUT2D eigenvalue weighted by atomic mass is 16.5. The number of Topliss-reactive ketones (excluding diaryl/α,β-unsaturated/α-hetero) is 1. The number of carbonyl (C=O) groups excluding carboxylic acids is 1. The fourth-order valence-electron chi connectivity index (χ4n) is 3.36. The molecule has 2 aliphatic carbocycles. The van der Waals surface area contributed by atoms with Gasteiger partial charge < -0.3 is 4.74 Å². The predicted octanol–water partition coefficient (Wildman–Crippen LogP) is 3.70. The Morgan fingerprint density at radius 3 is 2.74 bits per heavy atom. The SMILES string of the molecule is O=C(CCOc1ccc2c(c1)CCC2)C1CCCC1. The number of hydrogen-bond acceptors (Lipinski definition) is 2. The van der Waals surface area contributed by atoms with Crippen LogP contribution < -0.4 is 4.74 Å². The van der Waals surface area contributed by atoms with Gasteiger partial charge in [0, 0.05) is 12.3 Å². The van der Waals surface area contributed by atoms with E-state index in [1.807, 2.05) is 6.07 Å². The Kier molecular flexibility index (Phi) is 3.86. The molecule has 19 heavy (non-hydrogen) atoms. The first-order valence-electron chi connectivity index (χ1n) is 7.60. The van der Waals surface area contributed by atoms with Gasteiger partial charge in [-0.15, -0.1) is 0 Å². The maximum atomic E-state index is 11.9. The summed E-state index contributed by atoms with van der Waals surface area (Å²) in [5.41, 5.74) is 2.90. The second-order valence-corrected chi connectivity index (χ2v) is 5.83. The Labute approximate surface area is 115 Å². The number of carbonyl (C=O) groups is 1. The largest absolute Gasteiger partial charge is 0.493 e. The molecule has 0 aromatic heterocycles. The lowest BCUT2D eigenvalue weighted by Crippen LogP contribution is -2.14. The van der Waals surface area contributed by atoms with Crippen LogP contribution in [0.5, 0.6) is 5.75 Å². The third-order valence-electron chi connectivity index (χ3n) is 4.50. The maximum Gasteiger partial charge on any atom is 0.139 e. The van der Waals surface area contributed by atoms with Crippen molar-refractivity contribution in [1.29, 1.82) is 0 Å². The number of rotatable bonds is 5. The van der Waals surface area contributed by atoms with Crippen LogP contribution in [0.1, 0.15) is 49.7 Å². The van der Waals surface area contributed by atoms with Crippen molar-refractivity contribution in [3.05, 3.63) is 29.3 Å². The summed E-state index contributed by atoms with van der Waals surface area (Å²) >= 11 is 0. The first kappa shape index (κ1) is 12.7. The Hall–Kier alpha value is -1.31. The van der Waals surface area contributed by atoms with Crippen molar-refractivity contribution in [2.75, 3.05) is 6.61 Å². The standard InChI is InChI=1S/C17H22O2/c18-17(14-4-1-2-5-14)10-11-19-16-9-8-13-6-3-7-15(13)12-16/h8-9,12,14H,1-7,10-11H2. The monoisotopic (exact) mass is 258 g/mol. The summed E-state index contributed by atoms with van der Waals surface area (Å²) in [5.74, 6) is 1.65. The van der Waals surface area contributed by atoms with Gasteiger partial charge in [-0.3, -0.25) is 4.79 Å². The van der Waals surface area contributed by atoms with Gasteiger partial charge in [0.05, 0.1) is 6.61 Å². The van der Waals surface area contributed by atoms with Crippen LogP contribution in [0.2, 0.25) is 0 Å². The van der Waals surface area contributed by atoms with E-state index in [1.165, 1.54) is 43.2 Å². The summed E-state index contributed by atoms with van der Waals surface area (Å²) < 4.78 is 5.74. The average Bonchev–Trinajstić information content (AvgIpc) is 3.09. The molecule has 1 fully saturated rings. The smallest absolute Gasteiger partial charge is 0.139 e. The number of ether oxygens (including phenoxy) is 1. The molecule has 0 N–H and O–H groups in total. The van der Waals surface area contributed by atoms with Crippen LogP contribution in [-0.2, 0) is 17.6 Å². The lowest BCUT2D eigenvalue weighted by Gasteiger charge is -2.10. The highest BCUT2D eigenvalue weighted by Gasteiger charge is 2.22. The second-order valence-electron chi connectivity index (χ2n) is 5.83. The van der Waals surface area contributed by atoms with E-state index in [0.29, 0.717) is 24.7 Å². The zero-order valence-electron chi connectivity index (χ0n) is 11.5. The third kappa shape index (κ3) is 2.99. The normalized spacial score (nSPS) is 18.5. The summed E-state index contributed by atoms with van der Waals surface area (Å²) in [7, 11) is 0. The van der Waals surface area contributed by atoms with Gasteiger partial charge >= 0.3 is 0 Å². The lowest BCUT2D eigenvalue weighted by molar-refractivity contribution is -0.123. The van der Waals surface area contributed by atoms with Gasteiger partial charge in [0.1, 0.15) is 11.5 Å². The highest BCUT2D eigenvalue weighted by molar-refractivity contribution is 5.81. The van der Waals surface area contributed by atoms with E-state index in [1.54, 1.807) is 0 Å². The number of ketones is 1. The molecule has 1 saturated carbocycles. The van der Waals surface area contributed by atoms with Crippen molar-refractivity contribution in [1.82, 2.24) is 0 Å². The first-order valence-corrected chi connectivity index (χ1v) is 7.60. The fourth-order valence-corrected chi connectivity index (χ4v) is 3.36. The summed E-state index contributed by atoms with van der Waals surface area (Å²) in [5, 5.41) is 0. The summed E-state index contributed by atoms with van der Waals surface area (Å²) in [6, 6.07) is 6.38. The number of fused-ring (bicyclic) bond motifs is 1. The van der Waals surface area contributed by atoms with Crippen molar-refractivity contribution in [2.45, 2.75) is 51.4 Å². The van der Waals surface area contributed by atoms with Crippen molar-refractivity contribution in [2.24, 2.45) is 5.92 Å². The van der Waals surface area contributed by atoms with Crippen LogP contribution in [0, 0.1) is 5.92 Å². The van der Waals surface area contributed by atoms with E-state index in [9.17, 15) is 4.79 Å². The van der Waals surface area contributed by atoms with E-state index in [4.69, 9.17) is 4.74 Å². The molecular formula is C17H22O2. The molecular weight excluding hydrogens is 236 g/mol. The molecule has 0 heterocycles. The van der Waals surface area contributed by atoms with Crippen LogP contribution in [0.3, 0.4) is 0 Å². The van der Waals surface area contributed by atoms with Gasteiger partial charge in [0.2, 0.25) is 0 Å². The molecule has 0 bridgehead atoms. The average molecular weight is 258 g/mol. The summed E-state index contributed by atoms with van der Waals surface area (Å²) in [6.07, 6.45) is 8.85. The number of hydrogen-bond donors (Lipinski definition) is 0. The van der Waals surface area contributed by atoms with E-state index < -0.39 is 0 Å². The first-order chi connectivity index (χ1) is 9.33. The minimum Gasteiger partial charge on any atom is -0.493 e. The quantitative estimate of drug-likeness (QED) is 0.805. The molecule has 2 aliphatic rings. The Morgan fingerprint density at radius 2 is 1.89 bits per heavy atom. The van der Waals surface area contributed by atoms with Crippen molar-refractivity contribution in [3.63, 3.8) is 0 Å². The molecule has 0 atom stereocenters. The van der Waals surface area contributed by atoms with Crippen molar-refractivity contribution in [3.8, 4) is 5.75 Å². The molecule has 0 radical (unpaired) electrons. The molecule has 0 aliphatic heterocycles. The van der Waals surface area contributed by atoms with Gasteiger partial charge in [0.15, 0.2) is 0 Å². The van der Waals surface area contributed by atoms with Crippen LogP contribution in [0.15, 0.2) is 18.2 Å². The second kappa shape index (κ2) is 5.77. The van der Waals surface area contributed by atoms with Gasteiger partial charge in [-0.2, -0.15) is 0 Å². The fraction of sp³-hybridized carbons (Fsp3) is 0.588. The third-order valence-corrected chi connectivity index (χ3v) is 4.50. The van der Waals surface area contributed by atoms with E-state index in [0.717, 1.165) is 18.6 Å². The summed E-state index contributed by atoms with van der Waals surface area (Å²) in [6.45, 7) is 0.536. The van der Waals surface area contributed by atoms with Gasteiger partial charge in [0.25, 0.3) is 0 Å². The molecule has 2 nitrogen and oxygen atoms in total. The van der Waals surface area contributed by atoms with E-state index in [-0.39, 0.29) is 0 Å². The number of aryl methyl sites for hydroxylation is 2. The molecule has 1 aromatic carbocycles. The maximum absolute atomic E-state index is 11.9. The summed E-state index contributed by atoms with van der Waals surface area (Å²) in [4.78, 5) is 11.9. The zero-order valence-corrected chi connectivity index (χ0v) is 11.5. The molecule has 3 rings (SSSR count). The van der Waals surface area contributed by atoms with Crippen molar-refractivity contribution >= 4 is 5.78 Å². The Balaban J connectivity index is 1.48. The van der Waals surface area contributed by atoms with Gasteiger partial charge in [-0.05, 0) is 55.4 Å². The minimum absolute atomic E-state index is 0.323. The molecule has 0 saturated heterocycles. The Bertz CT molecular complexity index is 458. The van der Waals surface area contributed by atoms with E-state index in [2.05, 4.69) is 12.1 Å². The van der Waals surface area contributed by atoms with Gasteiger partial charge in [-0.25, -0.2) is 0 Å². The highest BCUT2D eigenvalue weighted by Crippen LogP contribution is 2.27. The van der Waals surface area contributed by atoms with Crippen molar-refractivity contribution < 1.29 is 9.53 Å². The van der Waals surface area contributed by atoms with Crippen LogP contribution in [-0.4, -0.2) is 12.4 Å². The molecule has 0 amide bonds. The predicted molar refractivity (Wildman–Crippen MR) is 75.5 cm³/mol. The van der Waals surface area contributed by atoms with Crippen LogP contribution in [0.4, 0.5) is 0 Å². The van der Waals surface area contributed by atoms with Crippen LogP contribution >= 0.6 is 0 Å². The molecule has 1 aromatic rings. The zero-order chi connectivity index (χ0) is 13.1. The van der Waals surface area contributed by atoms with Crippen LogP contribution in [0.25, 0.3) is 0 Å². The topological polar surface area (TPSA) is 26.3 Å². The lowest BCUT2D eigenvalue weighted by atomic mass is 10.0.